The Morgan fingerprint density at radius 2 is 1.12 bits per heavy atom. The maximum Gasteiger partial charge on any atom is 0.348 e. The number of esters is 3. The maximum atomic E-state index is 13.5. The number of unbranched alkanes of at least 4 members (excludes halogenated alkanes) is 15. The number of rotatable bonds is 41. The van der Waals surface area contributed by atoms with Crippen LogP contribution in [0.1, 0.15) is 208 Å². The molecule has 0 aromatic rings. The zero-order valence-corrected chi connectivity index (χ0v) is 38.0. The average Bonchev–Trinajstić information content (AvgIpc) is 3.18. The van der Waals surface area contributed by atoms with Crippen LogP contribution in [-0.4, -0.2) is 95.2 Å². The van der Waals surface area contributed by atoms with Gasteiger partial charge in [-0.05, 0) is 57.9 Å². The molecule has 10 heteroatoms. The molecule has 332 valence electrons. The Morgan fingerprint density at radius 3 is 1.70 bits per heavy atom. The number of nitrogens with zero attached hydrogens (tertiary/aromatic N) is 1. The number of ether oxygens (including phenoxy) is 3. The van der Waals surface area contributed by atoms with E-state index in [1.54, 1.807) is 0 Å². The second kappa shape index (κ2) is 39.1. The summed E-state index contributed by atoms with van der Waals surface area (Å²) < 4.78 is 17.5. The van der Waals surface area contributed by atoms with E-state index in [1.165, 1.54) is 88.8 Å². The summed E-state index contributed by atoms with van der Waals surface area (Å²) in [5, 5.41) is 19.3. The van der Waals surface area contributed by atoms with Gasteiger partial charge in [-0.25, -0.2) is 4.79 Å². The Morgan fingerprint density at radius 1 is 0.607 bits per heavy atom. The molecule has 0 aliphatic carbocycles. The van der Waals surface area contributed by atoms with Gasteiger partial charge in [-0.15, -0.1) is 11.8 Å². The Hall–Kier alpha value is -1.36. The van der Waals surface area contributed by atoms with Crippen LogP contribution in [0.4, 0.5) is 0 Å². The topological polar surface area (TPSA) is 123 Å². The number of aliphatic hydroxyl groups excluding tert-OH is 2. The quantitative estimate of drug-likeness (QED) is 0.0350. The maximum absolute atomic E-state index is 13.5. The molecular formula is C46H89NO8S. The molecule has 0 spiro atoms. The van der Waals surface area contributed by atoms with E-state index >= 15 is 0 Å². The number of carbonyl (C=O) groups is 3. The molecule has 0 bridgehead atoms. The summed E-state index contributed by atoms with van der Waals surface area (Å²) >= 11 is 1.36. The van der Waals surface area contributed by atoms with Crippen LogP contribution in [0, 0.1) is 5.92 Å². The summed E-state index contributed by atoms with van der Waals surface area (Å²) in [6.07, 6.45) is 25.1. The van der Waals surface area contributed by atoms with Gasteiger partial charge in [0.1, 0.15) is 5.25 Å². The van der Waals surface area contributed by atoms with Crippen molar-refractivity contribution in [3.8, 4) is 0 Å². The van der Waals surface area contributed by atoms with E-state index in [0.29, 0.717) is 51.4 Å². The molecule has 9 nitrogen and oxygen atoms in total. The van der Waals surface area contributed by atoms with E-state index in [9.17, 15) is 24.6 Å². The molecule has 56 heavy (non-hydrogen) atoms. The number of hydrogen-bond donors (Lipinski definition) is 2. The summed E-state index contributed by atoms with van der Waals surface area (Å²) in [7, 11) is 0. The second-order valence-electron chi connectivity index (χ2n) is 16.1. The van der Waals surface area contributed by atoms with Crippen molar-refractivity contribution in [2.75, 3.05) is 39.5 Å². The highest BCUT2D eigenvalue weighted by atomic mass is 32.2. The zero-order chi connectivity index (χ0) is 41.7. The smallest absolute Gasteiger partial charge is 0.348 e. The molecular weight excluding hydrogens is 727 g/mol. The van der Waals surface area contributed by atoms with Crippen LogP contribution >= 0.6 is 11.8 Å². The fraction of sp³-hybridized carbons (Fsp3) is 0.935. The summed E-state index contributed by atoms with van der Waals surface area (Å²) in [6, 6.07) is 0. The standard InChI is InChI=1S/C46H89NO8S/c1-7-12-16-19-21-25-29-40(28-24-18-14-9-3)38-54-45(51)39(6)56-42(31-23-15-10-4)44(46(52)53-36-11-5)55-43(50)32-27-33-47(34-35-48)37-41(49)30-26-22-20-17-13-8-2/h39-42,44,48-49H,7-38H2,1-6H3. The molecule has 5 atom stereocenters. The van der Waals surface area contributed by atoms with Gasteiger partial charge in [0.25, 0.3) is 0 Å². The van der Waals surface area contributed by atoms with Crippen molar-refractivity contribution in [1.82, 2.24) is 4.90 Å². The molecule has 0 saturated heterocycles. The minimum absolute atomic E-state index is 0.0322. The molecule has 0 fully saturated rings. The van der Waals surface area contributed by atoms with E-state index in [4.69, 9.17) is 14.2 Å². The van der Waals surface area contributed by atoms with Gasteiger partial charge in [0, 0.05) is 19.5 Å². The lowest BCUT2D eigenvalue weighted by Gasteiger charge is -2.28. The first-order chi connectivity index (χ1) is 27.2. The molecule has 0 rings (SSSR count). The van der Waals surface area contributed by atoms with Gasteiger partial charge in [0.05, 0.1) is 31.2 Å². The Bertz CT molecular complexity index is 924. The summed E-state index contributed by atoms with van der Waals surface area (Å²) in [5.74, 6) is -0.988. The van der Waals surface area contributed by atoms with Crippen LogP contribution in [0.3, 0.4) is 0 Å². The van der Waals surface area contributed by atoms with Crippen molar-refractivity contribution >= 4 is 29.7 Å². The first kappa shape index (κ1) is 54.6. The molecule has 0 saturated carbocycles. The lowest BCUT2D eigenvalue weighted by Crippen LogP contribution is -2.40. The van der Waals surface area contributed by atoms with Crippen molar-refractivity contribution in [3.05, 3.63) is 0 Å². The first-order valence-electron chi connectivity index (χ1n) is 23.4. The van der Waals surface area contributed by atoms with Crippen molar-refractivity contribution in [2.24, 2.45) is 5.92 Å². The zero-order valence-electron chi connectivity index (χ0n) is 37.2. The molecule has 0 aliphatic rings. The van der Waals surface area contributed by atoms with Crippen molar-refractivity contribution in [3.63, 3.8) is 0 Å². The van der Waals surface area contributed by atoms with Gasteiger partial charge in [-0.2, -0.15) is 0 Å². The number of carbonyl (C=O) groups excluding carboxylic acids is 3. The molecule has 0 aromatic carbocycles. The predicted octanol–water partition coefficient (Wildman–Crippen LogP) is 11.0. The normalized spacial score (nSPS) is 14.3. The molecule has 0 aromatic heterocycles. The molecule has 0 amide bonds. The van der Waals surface area contributed by atoms with Gasteiger partial charge in [0.15, 0.2) is 0 Å². The van der Waals surface area contributed by atoms with Crippen LogP contribution in [0.5, 0.6) is 0 Å². The summed E-state index contributed by atoms with van der Waals surface area (Å²) in [5.41, 5.74) is 0. The van der Waals surface area contributed by atoms with Crippen LogP contribution in [-0.2, 0) is 28.6 Å². The van der Waals surface area contributed by atoms with Crippen LogP contribution in [0.2, 0.25) is 0 Å². The van der Waals surface area contributed by atoms with Crippen molar-refractivity contribution < 1.29 is 38.8 Å². The van der Waals surface area contributed by atoms with E-state index in [2.05, 4.69) is 27.7 Å². The van der Waals surface area contributed by atoms with Crippen molar-refractivity contribution in [2.45, 2.75) is 231 Å². The number of aliphatic hydroxyl groups is 2. The highest BCUT2D eigenvalue weighted by Crippen LogP contribution is 2.30. The minimum atomic E-state index is -1.13. The lowest BCUT2D eigenvalue weighted by molar-refractivity contribution is -0.168. The van der Waals surface area contributed by atoms with Crippen LogP contribution < -0.4 is 0 Å². The Labute approximate surface area is 348 Å². The fourth-order valence-electron chi connectivity index (χ4n) is 7.10. The minimum Gasteiger partial charge on any atom is -0.465 e. The number of hydrogen-bond acceptors (Lipinski definition) is 10. The van der Waals surface area contributed by atoms with Gasteiger partial charge in [-0.1, -0.05) is 157 Å². The van der Waals surface area contributed by atoms with Crippen molar-refractivity contribution in [1.29, 1.82) is 0 Å². The van der Waals surface area contributed by atoms with Gasteiger partial charge in [-0.3, -0.25) is 14.5 Å². The average molecular weight is 816 g/mol. The SMILES string of the molecule is CCCCCCCCC(O)CN(CCO)CCCC(=O)OC(C(=O)OCCC)C(CCCCC)SC(C)C(=O)OCC(CCCCCC)CCCCCCCC. The third-order valence-corrected chi connectivity index (χ3v) is 12.0. The third-order valence-electron chi connectivity index (χ3n) is 10.6. The molecule has 2 N–H and O–H groups in total. The Balaban J connectivity index is 5.49. The summed E-state index contributed by atoms with van der Waals surface area (Å²) in [6.45, 7) is 14.5. The largest absolute Gasteiger partial charge is 0.465 e. The monoisotopic (exact) mass is 816 g/mol. The molecule has 0 heterocycles. The third kappa shape index (κ3) is 30.7. The second-order valence-corrected chi connectivity index (χ2v) is 17.7. The van der Waals surface area contributed by atoms with Crippen LogP contribution in [0.25, 0.3) is 0 Å². The Kier molecular flexibility index (Phi) is 38.2. The highest BCUT2D eigenvalue weighted by Gasteiger charge is 2.36. The first-order valence-corrected chi connectivity index (χ1v) is 24.3. The van der Waals surface area contributed by atoms with E-state index in [1.807, 2.05) is 18.7 Å². The van der Waals surface area contributed by atoms with E-state index < -0.39 is 34.6 Å². The molecule has 5 unspecified atom stereocenters. The van der Waals surface area contributed by atoms with E-state index in [-0.39, 0.29) is 25.6 Å². The summed E-state index contributed by atoms with van der Waals surface area (Å²) in [4.78, 5) is 42.2. The van der Waals surface area contributed by atoms with Gasteiger partial charge in [0.2, 0.25) is 6.10 Å². The molecule has 0 radical (unpaired) electrons. The number of thioether (sulfide) groups is 1. The fourth-order valence-corrected chi connectivity index (χ4v) is 8.41. The van der Waals surface area contributed by atoms with Gasteiger partial charge < -0.3 is 24.4 Å². The predicted molar refractivity (Wildman–Crippen MR) is 234 cm³/mol. The van der Waals surface area contributed by atoms with Crippen LogP contribution in [0.15, 0.2) is 0 Å². The highest BCUT2D eigenvalue weighted by molar-refractivity contribution is 8.01. The molecule has 0 aliphatic heterocycles. The van der Waals surface area contributed by atoms with E-state index in [0.717, 1.165) is 64.2 Å². The lowest BCUT2D eigenvalue weighted by atomic mass is 9.95. The van der Waals surface area contributed by atoms with Gasteiger partial charge >= 0.3 is 17.9 Å².